The van der Waals surface area contributed by atoms with Crippen LogP contribution in [0, 0.1) is 5.92 Å². The van der Waals surface area contributed by atoms with Crippen molar-refractivity contribution in [2.24, 2.45) is 5.92 Å². The summed E-state index contributed by atoms with van der Waals surface area (Å²) in [5.74, 6) is 1.93. The fourth-order valence-corrected chi connectivity index (χ4v) is 4.68. The first kappa shape index (κ1) is 18.5. The van der Waals surface area contributed by atoms with Crippen molar-refractivity contribution in [2.45, 2.75) is 18.7 Å². The molecule has 1 aliphatic heterocycles. The zero-order valence-corrected chi connectivity index (χ0v) is 16.8. The van der Waals surface area contributed by atoms with Crippen molar-refractivity contribution >= 4 is 32.7 Å². The summed E-state index contributed by atoms with van der Waals surface area (Å²) in [5, 5.41) is 0. The summed E-state index contributed by atoms with van der Waals surface area (Å²) in [7, 11) is -2.23. The number of hydrogen-bond donors (Lipinski definition) is 0. The molecular weight excluding hydrogens is 376 g/mol. The smallest absolute Gasteiger partial charge is 0.267 e. The molecule has 0 saturated carbocycles. The van der Waals surface area contributed by atoms with Gasteiger partial charge < -0.3 is 9.64 Å². The molecule has 0 N–H and O–H groups in total. The van der Waals surface area contributed by atoms with E-state index in [1.54, 1.807) is 31.4 Å². The topological polar surface area (TPSA) is 75.6 Å². The number of para-hydroxylation sites is 2. The van der Waals surface area contributed by atoms with Crippen LogP contribution >= 0.6 is 0 Å². The first-order chi connectivity index (χ1) is 13.4. The standard InChI is InChI=1S/C20H22N4O3S/c1-14(2)12-23-13-24(28(25,26)16-10-8-15(27-3)9-11-16)20-19(23)21-17-6-4-5-7-18(17)22-20/h4-11,14H,12-13H2,1-3H3. The molecule has 4 rings (SSSR count). The van der Waals surface area contributed by atoms with Crippen LogP contribution in [0.5, 0.6) is 5.75 Å². The SMILES string of the molecule is COc1ccc(S(=O)(=O)N2CN(CC(C)C)c3nc4ccccc4nc32)cc1. The van der Waals surface area contributed by atoms with Crippen LogP contribution in [0.4, 0.5) is 11.6 Å². The Hall–Kier alpha value is -2.87. The van der Waals surface area contributed by atoms with Crippen molar-refractivity contribution in [1.29, 1.82) is 0 Å². The summed E-state index contributed by atoms with van der Waals surface area (Å²) >= 11 is 0. The van der Waals surface area contributed by atoms with E-state index in [1.807, 2.05) is 29.2 Å². The maximum atomic E-state index is 13.4. The minimum absolute atomic E-state index is 0.193. The van der Waals surface area contributed by atoms with Gasteiger partial charge in [0.25, 0.3) is 10.0 Å². The number of sulfonamides is 1. The van der Waals surface area contributed by atoms with E-state index in [-0.39, 0.29) is 11.6 Å². The van der Waals surface area contributed by atoms with E-state index in [0.717, 1.165) is 5.52 Å². The summed E-state index contributed by atoms with van der Waals surface area (Å²) in [6.45, 7) is 5.07. The lowest BCUT2D eigenvalue weighted by atomic mass is 10.2. The van der Waals surface area contributed by atoms with Gasteiger partial charge >= 0.3 is 0 Å². The van der Waals surface area contributed by atoms with Gasteiger partial charge in [-0.15, -0.1) is 0 Å². The lowest BCUT2D eigenvalue weighted by Gasteiger charge is -2.22. The highest BCUT2D eigenvalue weighted by Crippen LogP contribution is 2.38. The van der Waals surface area contributed by atoms with Crippen molar-refractivity contribution in [1.82, 2.24) is 9.97 Å². The molecule has 0 radical (unpaired) electrons. The van der Waals surface area contributed by atoms with Gasteiger partial charge in [-0.05, 0) is 42.3 Å². The fraction of sp³-hybridized carbons (Fsp3) is 0.300. The third-order valence-corrected chi connectivity index (χ3v) is 6.34. The molecule has 7 nitrogen and oxygen atoms in total. The van der Waals surface area contributed by atoms with Gasteiger partial charge in [0.15, 0.2) is 11.6 Å². The summed E-state index contributed by atoms with van der Waals surface area (Å²) in [4.78, 5) is 11.5. The van der Waals surface area contributed by atoms with E-state index in [1.165, 1.54) is 4.31 Å². The van der Waals surface area contributed by atoms with Crippen molar-refractivity contribution in [3.63, 3.8) is 0 Å². The monoisotopic (exact) mass is 398 g/mol. The van der Waals surface area contributed by atoms with Gasteiger partial charge in [0, 0.05) is 6.54 Å². The Kier molecular flexibility index (Phi) is 4.58. The van der Waals surface area contributed by atoms with Gasteiger partial charge in [-0.2, -0.15) is 0 Å². The Morgan fingerprint density at radius 1 is 1.00 bits per heavy atom. The molecule has 2 heterocycles. The molecule has 0 fully saturated rings. The third kappa shape index (κ3) is 3.13. The molecule has 0 atom stereocenters. The minimum Gasteiger partial charge on any atom is -0.497 e. The molecule has 2 aromatic carbocycles. The van der Waals surface area contributed by atoms with Crippen molar-refractivity contribution in [3.8, 4) is 5.75 Å². The van der Waals surface area contributed by atoms with E-state index in [9.17, 15) is 8.42 Å². The van der Waals surface area contributed by atoms with Gasteiger partial charge in [0.2, 0.25) is 0 Å². The Bertz CT molecular complexity index is 1110. The lowest BCUT2D eigenvalue weighted by Crippen LogP contribution is -2.37. The number of nitrogens with zero attached hydrogens (tertiary/aromatic N) is 4. The van der Waals surface area contributed by atoms with Crippen LogP contribution in [0.3, 0.4) is 0 Å². The van der Waals surface area contributed by atoms with Crippen LogP contribution in [0.1, 0.15) is 13.8 Å². The van der Waals surface area contributed by atoms with E-state index in [2.05, 4.69) is 18.8 Å². The van der Waals surface area contributed by atoms with Gasteiger partial charge in [-0.1, -0.05) is 26.0 Å². The second kappa shape index (κ2) is 6.94. The van der Waals surface area contributed by atoms with Gasteiger partial charge in [-0.25, -0.2) is 22.7 Å². The molecule has 146 valence electrons. The first-order valence-corrected chi connectivity index (χ1v) is 10.5. The van der Waals surface area contributed by atoms with Crippen LogP contribution in [0.25, 0.3) is 11.0 Å². The zero-order chi connectivity index (χ0) is 19.9. The third-order valence-electron chi connectivity index (χ3n) is 4.60. The number of aromatic nitrogens is 2. The maximum Gasteiger partial charge on any atom is 0.267 e. The molecule has 1 aromatic heterocycles. The second-order valence-corrected chi connectivity index (χ2v) is 9.01. The summed E-state index contributed by atoms with van der Waals surface area (Å²) in [5.41, 5.74) is 1.42. The van der Waals surface area contributed by atoms with Gasteiger partial charge in [0.05, 0.1) is 23.0 Å². The van der Waals surface area contributed by atoms with Gasteiger partial charge in [0.1, 0.15) is 12.4 Å². The van der Waals surface area contributed by atoms with Crippen LogP contribution in [0.2, 0.25) is 0 Å². The predicted molar refractivity (Wildman–Crippen MR) is 109 cm³/mol. The van der Waals surface area contributed by atoms with Crippen LogP contribution in [-0.2, 0) is 10.0 Å². The number of methoxy groups -OCH3 is 1. The summed E-state index contributed by atoms with van der Waals surface area (Å²) < 4.78 is 33.2. The molecule has 1 aliphatic rings. The fourth-order valence-electron chi connectivity index (χ4n) is 3.30. The van der Waals surface area contributed by atoms with Crippen LogP contribution in [0.15, 0.2) is 53.4 Å². The Labute approximate surface area is 164 Å². The molecular formula is C20H22N4O3S. The highest BCUT2D eigenvalue weighted by Gasteiger charge is 2.38. The van der Waals surface area contributed by atoms with E-state index in [0.29, 0.717) is 35.4 Å². The van der Waals surface area contributed by atoms with Crippen molar-refractivity contribution < 1.29 is 13.2 Å². The molecule has 28 heavy (non-hydrogen) atoms. The average molecular weight is 398 g/mol. The molecule has 0 aliphatic carbocycles. The molecule has 0 bridgehead atoms. The molecule has 3 aromatic rings. The van der Waals surface area contributed by atoms with Crippen LogP contribution < -0.4 is 13.9 Å². The Balaban J connectivity index is 1.83. The Morgan fingerprint density at radius 2 is 1.61 bits per heavy atom. The minimum atomic E-state index is -3.78. The molecule has 8 heteroatoms. The number of rotatable bonds is 5. The maximum absolute atomic E-state index is 13.4. The number of hydrogen-bond acceptors (Lipinski definition) is 6. The molecule has 0 spiro atoms. The summed E-state index contributed by atoms with van der Waals surface area (Å²) in [6, 6.07) is 13.9. The number of fused-ring (bicyclic) bond motifs is 2. The Morgan fingerprint density at radius 3 is 2.18 bits per heavy atom. The first-order valence-electron chi connectivity index (χ1n) is 9.08. The average Bonchev–Trinajstić information content (AvgIpc) is 3.04. The predicted octanol–water partition coefficient (Wildman–Crippen LogP) is 3.27. The number of benzene rings is 2. The number of ether oxygens (including phenoxy) is 1. The largest absolute Gasteiger partial charge is 0.497 e. The molecule has 0 amide bonds. The van der Waals surface area contributed by atoms with Crippen molar-refractivity contribution in [2.75, 3.05) is 29.5 Å². The van der Waals surface area contributed by atoms with Gasteiger partial charge in [-0.3, -0.25) is 0 Å². The highest BCUT2D eigenvalue weighted by molar-refractivity contribution is 7.92. The summed E-state index contributed by atoms with van der Waals surface area (Å²) in [6.07, 6.45) is 0. The van der Waals surface area contributed by atoms with E-state index >= 15 is 0 Å². The quantitative estimate of drug-likeness (QED) is 0.657. The number of anilines is 2. The van der Waals surface area contributed by atoms with E-state index in [4.69, 9.17) is 9.72 Å². The van der Waals surface area contributed by atoms with Crippen molar-refractivity contribution in [3.05, 3.63) is 48.5 Å². The lowest BCUT2D eigenvalue weighted by molar-refractivity contribution is 0.414. The van der Waals surface area contributed by atoms with Crippen LogP contribution in [-0.4, -0.2) is 38.7 Å². The second-order valence-electron chi connectivity index (χ2n) is 7.15. The molecule has 0 unspecified atom stereocenters. The highest BCUT2D eigenvalue weighted by atomic mass is 32.2. The molecule has 0 saturated heterocycles. The zero-order valence-electron chi connectivity index (χ0n) is 16.0. The van der Waals surface area contributed by atoms with E-state index < -0.39 is 10.0 Å². The normalized spacial score (nSPS) is 14.0.